The quantitative estimate of drug-likeness (QED) is 0.630. The number of hydrogen-bond donors (Lipinski definition) is 1. The highest BCUT2D eigenvalue weighted by Gasteiger charge is 2.29. The van der Waals surface area contributed by atoms with Crippen LogP contribution in [0.2, 0.25) is 5.02 Å². The molecule has 1 aliphatic heterocycles. The minimum absolute atomic E-state index is 0.0492. The first-order chi connectivity index (χ1) is 14.7. The smallest absolute Gasteiger partial charge is 0.280 e. The zero-order valence-corrected chi connectivity index (χ0v) is 18.8. The van der Waals surface area contributed by atoms with Gasteiger partial charge in [-0.25, -0.2) is 13.6 Å². The minimum Gasteiger partial charge on any atom is -0.490 e. The van der Waals surface area contributed by atoms with Gasteiger partial charge in [-0.1, -0.05) is 11.6 Å². The zero-order valence-electron chi connectivity index (χ0n) is 17.3. The van der Waals surface area contributed by atoms with E-state index < -0.39 is 10.0 Å². The fourth-order valence-corrected chi connectivity index (χ4v) is 3.81. The summed E-state index contributed by atoms with van der Waals surface area (Å²) in [5, 5.41) is 11.0. The van der Waals surface area contributed by atoms with Gasteiger partial charge in [-0.2, -0.15) is 10.1 Å². The number of primary sulfonamides is 1. The van der Waals surface area contributed by atoms with Crippen molar-refractivity contribution in [2.24, 2.45) is 10.2 Å². The van der Waals surface area contributed by atoms with E-state index >= 15 is 0 Å². The van der Waals surface area contributed by atoms with Crippen molar-refractivity contribution in [2.45, 2.75) is 25.7 Å². The molecular weight excluding hydrogens is 442 g/mol. The Kier molecular flexibility index (Phi) is 6.68. The van der Waals surface area contributed by atoms with Crippen molar-refractivity contribution in [1.82, 2.24) is 0 Å². The first-order valence-electron chi connectivity index (χ1n) is 9.49. The number of benzene rings is 2. The minimum atomic E-state index is -3.82. The molecule has 10 heteroatoms. The van der Waals surface area contributed by atoms with Gasteiger partial charge in [-0.05, 0) is 68.8 Å². The number of carbonyl (C=O) groups excluding carboxylic acids is 1. The summed E-state index contributed by atoms with van der Waals surface area (Å²) in [4.78, 5) is 12.9. The van der Waals surface area contributed by atoms with E-state index in [1.807, 2.05) is 13.8 Å². The van der Waals surface area contributed by atoms with Gasteiger partial charge in [0.15, 0.2) is 11.5 Å². The lowest BCUT2D eigenvalue weighted by Crippen LogP contribution is -2.21. The number of hydrogen-bond acceptors (Lipinski definition) is 6. The molecule has 2 aromatic carbocycles. The maximum Gasteiger partial charge on any atom is 0.280 e. The average molecular weight is 464 g/mol. The summed E-state index contributed by atoms with van der Waals surface area (Å²) in [6, 6.07) is 9.02. The number of ether oxygens (including phenoxy) is 2. The van der Waals surface area contributed by atoms with Gasteiger partial charge in [0.2, 0.25) is 10.0 Å². The summed E-state index contributed by atoms with van der Waals surface area (Å²) in [5.74, 6) is 0.580. The molecule has 0 unspecified atom stereocenters. The van der Waals surface area contributed by atoms with E-state index in [0.29, 0.717) is 52.3 Å². The van der Waals surface area contributed by atoms with Gasteiger partial charge in [0.25, 0.3) is 5.91 Å². The van der Waals surface area contributed by atoms with E-state index in [-0.39, 0.29) is 10.8 Å². The lowest BCUT2D eigenvalue weighted by molar-refractivity contribution is -0.114. The third kappa shape index (κ3) is 4.90. The van der Waals surface area contributed by atoms with Crippen LogP contribution in [0.15, 0.2) is 52.0 Å². The van der Waals surface area contributed by atoms with Crippen molar-refractivity contribution in [1.29, 1.82) is 0 Å². The highest BCUT2D eigenvalue weighted by atomic mass is 35.5. The second kappa shape index (κ2) is 9.09. The van der Waals surface area contributed by atoms with Crippen molar-refractivity contribution in [2.75, 3.05) is 18.2 Å². The van der Waals surface area contributed by atoms with Crippen LogP contribution in [-0.2, 0) is 14.8 Å². The number of nitrogens with two attached hydrogens (primary N) is 1. The maximum atomic E-state index is 13.0. The lowest BCUT2D eigenvalue weighted by Gasteiger charge is -2.14. The normalized spacial score (nSPS) is 15.4. The van der Waals surface area contributed by atoms with Gasteiger partial charge >= 0.3 is 0 Å². The number of amides is 1. The monoisotopic (exact) mass is 463 g/mol. The summed E-state index contributed by atoms with van der Waals surface area (Å²) < 4.78 is 34.1. The van der Waals surface area contributed by atoms with E-state index in [0.717, 1.165) is 0 Å². The highest BCUT2D eigenvalue weighted by Crippen LogP contribution is 2.37. The van der Waals surface area contributed by atoms with E-state index in [1.54, 1.807) is 25.1 Å². The molecule has 0 saturated carbocycles. The summed E-state index contributed by atoms with van der Waals surface area (Å²) >= 11 is 6.36. The van der Waals surface area contributed by atoms with Crippen LogP contribution in [-0.4, -0.2) is 33.3 Å². The predicted molar refractivity (Wildman–Crippen MR) is 120 cm³/mol. The molecule has 1 aliphatic rings. The van der Waals surface area contributed by atoms with Crippen LogP contribution >= 0.6 is 11.6 Å². The van der Waals surface area contributed by atoms with Gasteiger partial charge < -0.3 is 9.47 Å². The van der Waals surface area contributed by atoms with Crippen LogP contribution in [0.5, 0.6) is 11.5 Å². The van der Waals surface area contributed by atoms with E-state index in [4.69, 9.17) is 26.2 Å². The van der Waals surface area contributed by atoms with Crippen LogP contribution in [0, 0.1) is 0 Å². The molecule has 0 aromatic heterocycles. The van der Waals surface area contributed by atoms with Crippen LogP contribution in [0.4, 0.5) is 5.69 Å². The Morgan fingerprint density at radius 1 is 1.13 bits per heavy atom. The molecule has 2 aromatic rings. The van der Waals surface area contributed by atoms with E-state index in [1.165, 1.54) is 29.3 Å². The average Bonchev–Trinajstić information content (AvgIpc) is 2.98. The fourth-order valence-electron chi connectivity index (χ4n) is 3.02. The van der Waals surface area contributed by atoms with Gasteiger partial charge in [0, 0.05) is 0 Å². The molecule has 3 rings (SSSR count). The molecule has 1 heterocycles. The van der Waals surface area contributed by atoms with Gasteiger partial charge in [0.1, 0.15) is 0 Å². The van der Waals surface area contributed by atoms with Crippen molar-refractivity contribution in [3.05, 3.63) is 52.6 Å². The number of halogens is 1. The van der Waals surface area contributed by atoms with Crippen molar-refractivity contribution in [3.63, 3.8) is 0 Å². The van der Waals surface area contributed by atoms with Crippen LogP contribution in [0.1, 0.15) is 26.3 Å². The molecule has 2 N–H and O–H groups in total. The van der Waals surface area contributed by atoms with Crippen LogP contribution in [0.25, 0.3) is 6.08 Å². The fraction of sp³-hybridized carbons (Fsp3) is 0.238. The highest BCUT2D eigenvalue weighted by molar-refractivity contribution is 7.89. The summed E-state index contributed by atoms with van der Waals surface area (Å²) in [6.07, 6.45) is 1.67. The number of sulfonamides is 1. The molecule has 0 atom stereocenters. The largest absolute Gasteiger partial charge is 0.490 e. The standard InChI is InChI=1S/C21H22ClN3O5S/c1-4-29-19-12-14(11-18(22)20(19)30-5-2)10-17-13(3)24-25(21(17)26)15-6-8-16(9-7-15)31(23,27)28/h6-12H,4-5H2,1-3H3,(H2,23,27,28)/b17-10-. The molecular formula is C21H22ClN3O5S. The molecule has 0 aliphatic carbocycles. The number of anilines is 1. The Bertz CT molecular complexity index is 1170. The van der Waals surface area contributed by atoms with E-state index in [2.05, 4.69) is 5.10 Å². The molecule has 31 heavy (non-hydrogen) atoms. The third-order valence-electron chi connectivity index (χ3n) is 4.40. The maximum absolute atomic E-state index is 13.0. The number of rotatable bonds is 7. The molecule has 0 spiro atoms. The zero-order chi connectivity index (χ0) is 22.8. The van der Waals surface area contributed by atoms with Gasteiger partial charge in [-0.3, -0.25) is 4.79 Å². The number of nitrogens with zero attached hydrogens (tertiary/aromatic N) is 2. The van der Waals surface area contributed by atoms with Crippen molar-refractivity contribution < 1.29 is 22.7 Å². The SMILES string of the molecule is CCOc1cc(/C=C2\C(=O)N(c3ccc(S(N)(=O)=O)cc3)N=C2C)cc(Cl)c1OCC. The molecule has 0 saturated heterocycles. The van der Waals surface area contributed by atoms with Gasteiger partial charge in [0.05, 0.1) is 40.1 Å². The first-order valence-corrected chi connectivity index (χ1v) is 11.4. The second-order valence-corrected chi connectivity index (χ2v) is 8.56. The molecule has 0 radical (unpaired) electrons. The summed E-state index contributed by atoms with van der Waals surface area (Å²) in [7, 11) is -3.82. The predicted octanol–water partition coefficient (Wildman–Crippen LogP) is 3.59. The third-order valence-corrected chi connectivity index (χ3v) is 5.61. The van der Waals surface area contributed by atoms with Crippen molar-refractivity contribution in [3.8, 4) is 11.5 Å². The topological polar surface area (TPSA) is 111 Å². The second-order valence-electron chi connectivity index (χ2n) is 6.60. The number of carbonyl (C=O) groups is 1. The Morgan fingerprint density at radius 3 is 2.35 bits per heavy atom. The summed E-state index contributed by atoms with van der Waals surface area (Å²) in [5.41, 5.74) is 1.95. The summed E-state index contributed by atoms with van der Waals surface area (Å²) in [6.45, 7) is 6.28. The molecule has 1 amide bonds. The van der Waals surface area contributed by atoms with Gasteiger partial charge in [-0.15, -0.1) is 0 Å². The Balaban J connectivity index is 1.94. The first kappa shape index (κ1) is 22.8. The molecule has 164 valence electrons. The lowest BCUT2D eigenvalue weighted by atomic mass is 10.1. The molecule has 0 fully saturated rings. The Hall–Kier alpha value is -2.88. The van der Waals surface area contributed by atoms with Crippen LogP contribution in [0.3, 0.4) is 0 Å². The van der Waals surface area contributed by atoms with Crippen LogP contribution < -0.4 is 19.6 Å². The molecule has 8 nitrogen and oxygen atoms in total. The van der Waals surface area contributed by atoms with E-state index in [9.17, 15) is 13.2 Å². The number of hydrazone groups is 1. The Labute approximate surface area is 185 Å². The molecule has 0 bridgehead atoms. The van der Waals surface area contributed by atoms with Crippen molar-refractivity contribution >= 4 is 45.0 Å². The Morgan fingerprint density at radius 2 is 1.77 bits per heavy atom.